The molecule has 0 spiro atoms. The Morgan fingerprint density at radius 3 is 2.86 bits per heavy atom. The molecule has 2 aromatic rings. The molecular weight excluding hydrogens is 264 g/mol. The van der Waals surface area contributed by atoms with E-state index in [1.165, 1.54) is 31.5 Å². The molecule has 1 atom stereocenters. The highest BCUT2D eigenvalue weighted by molar-refractivity contribution is 5.06. The van der Waals surface area contributed by atoms with E-state index < -0.39 is 0 Å². The van der Waals surface area contributed by atoms with Crippen LogP contribution in [0.2, 0.25) is 0 Å². The van der Waals surface area contributed by atoms with Crippen LogP contribution in [0.5, 0.6) is 0 Å². The highest BCUT2D eigenvalue weighted by atomic mass is 15.3. The lowest BCUT2D eigenvalue weighted by atomic mass is 10.0. The fraction of sp³-hybridized carbons (Fsp3) is 0.667. The number of likely N-dealkylation sites (tertiary alicyclic amines) is 1. The number of piperidine rings is 1. The van der Waals surface area contributed by atoms with E-state index in [2.05, 4.69) is 44.7 Å². The van der Waals surface area contributed by atoms with Crippen molar-refractivity contribution in [2.75, 3.05) is 13.1 Å². The van der Waals surface area contributed by atoms with E-state index in [9.17, 15) is 0 Å². The van der Waals surface area contributed by atoms with Crippen LogP contribution in [0.3, 0.4) is 0 Å². The van der Waals surface area contributed by atoms with Crippen LogP contribution < -0.4 is 0 Å². The molecule has 6 nitrogen and oxygen atoms in total. The number of aryl methyl sites for hydroxylation is 2. The van der Waals surface area contributed by atoms with Crippen molar-refractivity contribution in [2.24, 2.45) is 0 Å². The Hall–Kier alpha value is -1.69. The lowest BCUT2D eigenvalue weighted by molar-refractivity contribution is 0.123. The lowest BCUT2D eigenvalue weighted by Crippen LogP contribution is -2.44. The fourth-order valence-corrected chi connectivity index (χ4v) is 3.20. The van der Waals surface area contributed by atoms with E-state index in [4.69, 9.17) is 0 Å². The zero-order valence-electron chi connectivity index (χ0n) is 12.9. The van der Waals surface area contributed by atoms with Crippen LogP contribution in [0.25, 0.3) is 0 Å². The zero-order valence-corrected chi connectivity index (χ0v) is 12.9. The summed E-state index contributed by atoms with van der Waals surface area (Å²) in [6.07, 6.45) is 7.27. The molecule has 1 aliphatic heterocycles. The predicted octanol–water partition coefficient (Wildman–Crippen LogP) is 1.65. The van der Waals surface area contributed by atoms with Gasteiger partial charge in [0, 0.05) is 18.3 Å². The third-order valence-corrected chi connectivity index (χ3v) is 4.32. The van der Waals surface area contributed by atoms with Crippen LogP contribution in [-0.2, 0) is 13.1 Å². The number of aromatic nitrogens is 5. The fourth-order valence-electron chi connectivity index (χ4n) is 3.20. The summed E-state index contributed by atoms with van der Waals surface area (Å²) >= 11 is 0. The third kappa shape index (κ3) is 3.50. The minimum Gasteiger partial charge on any atom is -0.297 e. The maximum atomic E-state index is 4.61. The monoisotopic (exact) mass is 288 g/mol. The molecule has 114 valence electrons. The van der Waals surface area contributed by atoms with Gasteiger partial charge >= 0.3 is 0 Å². The molecule has 3 heterocycles. The van der Waals surface area contributed by atoms with Crippen molar-refractivity contribution in [3.63, 3.8) is 0 Å². The number of rotatable bonds is 5. The minimum absolute atomic E-state index is 0.584. The van der Waals surface area contributed by atoms with Crippen LogP contribution in [0, 0.1) is 13.8 Å². The van der Waals surface area contributed by atoms with Crippen LogP contribution in [-0.4, -0.2) is 48.6 Å². The summed E-state index contributed by atoms with van der Waals surface area (Å²) < 4.78 is 4.07. The van der Waals surface area contributed by atoms with Gasteiger partial charge in [0.2, 0.25) is 0 Å². The Morgan fingerprint density at radius 1 is 1.24 bits per heavy atom. The predicted molar refractivity (Wildman–Crippen MR) is 80.9 cm³/mol. The number of hydrogen-bond acceptors (Lipinski definition) is 4. The molecule has 0 bridgehead atoms. The lowest BCUT2D eigenvalue weighted by Gasteiger charge is -2.35. The molecule has 3 rings (SSSR count). The van der Waals surface area contributed by atoms with Gasteiger partial charge in [-0.05, 0) is 39.3 Å². The van der Waals surface area contributed by atoms with Crippen molar-refractivity contribution in [2.45, 2.75) is 52.2 Å². The second kappa shape index (κ2) is 6.39. The standard InChI is InChI=1S/C15H24N6/c1-13-9-14(2)21(18-13)10-15-5-3-4-6-19(15)7-8-20-12-16-11-17-20/h9,11-12,15H,3-8,10H2,1-2H3/t15-/m1/s1. The van der Waals surface area contributed by atoms with E-state index in [1.807, 2.05) is 4.68 Å². The molecule has 21 heavy (non-hydrogen) atoms. The zero-order chi connectivity index (χ0) is 14.7. The van der Waals surface area contributed by atoms with E-state index >= 15 is 0 Å². The third-order valence-electron chi connectivity index (χ3n) is 4.32. The smallest absolute Gasteiger partial charge is 0.137 e. The molecule has 1 aliphatic rings. The van der Waals surface area contributed by atoms with Crippen molar-refractivity contribution < 1.29 is 0 Å². The van der Waals surface area contributed by atoms with Crippen molar-refractivity contribution in [1.29, 1.82) is 0 Å². The van der Waals surface area contributed by atoms with Crippen LogP contribution in [0.15, 0.2) is 18.7 Å². The maximum absolute atomic E-state index is 4.61. The van der Waals surface area contributed by atoms with Gasteiger partial charge in [0.15, 0.2) is 0 Å². The summed E-state index contributed by atoms with van der Waals surface area (Å²) in [5.41, 5.74) is 2.37. The van der Waals surface area contributed by atoms with Gasteiger partial charge < -0.3 is 0 Å². The summed E-state index contributed by atoms with van der Waals surface area (Å²) in [4.78, 5) is 6.59. The minimum atomic E-state index is 0.584. The highest BCUT2D eigenvalue weighted by Crippen LogP contribution is 2.19. The second-order valence-corrected chi connectivity index (χ2v) is 5.95. The van der Waals surface area contributed by atoms with Crippen LogP contribution in [0.1, 0.15) is 30.7 Å². The van der Waals surface area contributed by atoms with Crippen molar-refractivity contribution >= 4 is 0 Å². The maximum Gasteiger partial charge on any atom is 0.137 e. The number of hydrogen-bond donors (Lipinski definition) is 0. The molecule has 2 aromatic heterocycles. The average Bonchev–Trinajstić information content (AvgIpc) is 3.08. The SMILES string of the molecule is Cc1cc(C)n(C[C@H]2CCCCN2CCn2cncn2)n1. The Morgan fingerprint density at radius 2 is 2.14 bits per heavy atom. The molecule has 0 aliphatic carbocycles. The van der Waals surface area contributed by atoms with Gasteiger partial charge in [0.05, 0.1) is 18.8 Å². The Bertz CT molecular complexity index is 559. The van der Waals surface area contributed by atoms with E-state index in [0.717, 1.165) is 25.3 Å². The van der Waals surface area contributed by atoms with Crippen LogP contribution >= 0.6 is 0 Å². The van der Waals surface area contributed by atoms with Gasteiger partial charge in [-0.15, -0.1) is 0 Å². The van der Waals surface area contributed by atoms with Gasteiger partial charge in [-0.1, -0.05) is 6.42 Å². The molecule has 0 amide bonds. The first-order valence-electron chi connectivity index (χ1n) is 7.80. The summed E-state index contributed by atoms with van der Waals surface area (Å²) in [7, 11) is 0. The van der Waals surface area contributed by atoms with Gasteiger partial charge in [-0.3, -0.25) is 14.3 Å². The van der Waals surface area contributed by atoms with Gasteiger partial charge in [-0.25, -0.2) is 4.98 Å². The number of nitrogens with zero attached hydrogens (tertiary/aromatic N) is 6. The quantitative estimate of drug-likeness (QED) is 0.839. The molecule has 6 heteroatoms. The van der Waals surface area contributed by atoms with Gasteiger partial charge in [0.25, 0.3) is 0 Å². The van der Waals surface area contributed by atoms with Crippen molar-refractivity contribution in [3.05, 3.63) is 30.1 Å². The van der Waals surface area contributed by atoms with Crippen molar-refractivity contribution in [1.82, 2.24) is 29.4 Å². The van der Waals surface area contributed by atoms with Crippen LogP contribution in [0.4, 0.5) is 0 Å². The molecule has 1 saturated heterocycles. The van der Waals surface area contributed by atoms with E-state index in [-0.39, 0.29) is 0 Å². The molecule has 0 radical (unpaired) electrons. The van der Waals surface area contributed by atoms with Gasteiger partial charge in [0.1, 0.15) is 12.7 Å². The molecule has 0 aromatic carbocycles. The average molecular weight is 288 g/mol. The first kappa shape index (κ1) is 14.3. The van der Waals surface area contributed by atoms with Gasteiger partial charge in [-0.2, -0.15) is 10.2 Å². The summed E-state index contributed by atoms with van der Waals surface area (Å²) in [5.74, 6) is 0. The molecular formula is C15H24N6. The Balaban J connectivity index is 1.62. The van der Waals surface area contributed by atoms with E-state index in [1.54, 1.807) is 12.7 Å². The Labute approximate surface area is 125 Å². The normalized spacial score (nSPS) is 20.0. The topological polar surface area (TPSA) is 51.8 Å². The molecule has 0 N–H and O–H groups in total. The summed E-state index contributed by atoms with van der Waals surface area (Å²) in [6, 6.07) is 2.74. The van der Waals surface area contributed by atoms with E-state index in [0.29, 0.717) is 6.04 Å². The largest absolute Gasteiger partial charge is 0.297 e. The highest BCUT2D eigenvalue weighted by Gasteiger charge is 2.23. The molecule has 0 saturated carbocycles. The first-order valence-corrected chi connectivity index (χ1v) is 7.80. The first-order chi connectivity index (χ1) is 10.2. The molecule has 1 fully saturated rings. The summed E-state index contributed by atoms with van der Waals surface area (Å²) in [5, 5.41) is 8.80. The summed E-state index contributed by atoms with van der Waals surface area (Å²) in [6.45, 7) is 8.33. The van der Waals surface area contributed by atoms with Crippen molar-refractivity contribution in [3.8, 4) is 0 Å². The molecule has 0 unspecified atom stereocenters. The Kier molecular flexibility index (Phi) is 4.34. The second-order valence-electron chi connectivity index (χ2n) is 5.95.